The Morgan fingerprint density at radius 1 is 1.69 bits per heavy atom. The summed E-state index contributed by atoms with van der Waals surface area (Å²) in [6.07, 6.45) is 1.07. The van der Waals surface area contributed by atoms with Crippen LogP contribution in [0.25, 0.3) is 0 Å². The molecule has 0 spiro atoms. The molecular weight excluding hydrogens is 234 g/mol. The van der Waals surface area contributed by atoms with Crippen LogP contribution in [0.4, 0.5) is 0 Å². The minimum atomic E-state index is -3.59. The largest absolute Gasteiger partial charge is 0.480 e. The van der Waals surface area contributed by atoms with Crippen molar-refractivity contribution in [2.24, 2.45) is 0 Å². The van der Waals surface area contributed by atoms with Crippen LogP contribution in [-0.4, -0.2) is 55.4 Å². The number of rotatable bonds is 5. The molecule has 16 heavy (non-hydrogen) atoms. The predicted octanol–water partition coefficient (Wildman–Crippen LogP) is -0.324. The molecule has 0 aromatic rings. The van der Waals surface area contributed by atoms with Crippen LogP contribution in [-0.2, 0) is 19.6 Å². The normalized spacial score (nSPS) is 26.8. The predicted molar refractivity (Wildman–Crippen MR) is 57.5 cm³/mol. The SMILES string of the molecule is C=CCS(=O)(=O)N1CC(OC)CC1C(=O)O. The van der Waals surface area contributed by atoms with Crippen molar-refractivity contribution in [3.8, 4) is 0 Å². The lowest BCUT2D eigenvalue weighted by atomic mass is 10.2. The van der Waals surface area contributed by atoms with Crippen LogP contribution in [0.5, 0.6) is 0 Å². The Balaban J connectivity index is 2.93. The molecule has 1 saturated heterocycles. The van der Waals surface area contributed by atoms with Crippen LogP contribution >= 0.6 is 0 Å². The molecule has 92 valence electrons. The first-order valence-electron chi connectivity index (χ1n) is 4.78. The van der Waals surface area contributed by atoms with E-state index < -0.39 is 22.0 Å². The number of hydrogen-bond donors (Lipinski definition) is 1. The molecular formula is C9H15NO5S. The molecule has 0 saturated carbocycles. The monoisotopic (exact) mass is 249 g/mol. The molecule has 1 N–H and O–H groups in total. The van der Waals surface area contributed by atoms with Crippen molar-refractivity contribution < 1.29 is 23.1 Å². The molecule has 0 bridgehead atoms. The molecule has 6 nitrogen and oxygen atoms in total. The zero-order valence-electron chi connectivity index (χ0n) is 9.00. The van der Waals surface area contributed by atoms with Crippen molar-refractivity contribution in [1.82, 2.24) is 4.31 Å². The zero-order valence-corrected chi connectivity index (χ0v) is 9.81. The van der Waals surface area contributed by atoms with Crippen LogP contribution in [0.2, 0.25) is 0 Å². The summed E-state index contributed by atoms with van der Waals surface area (Å²) in [6, 6.07) is -1.03. The van der Waals surface area contributed by atoms with Crippen molar-refractivity contribution in [3.05, 3.63) is 12.7 Å². The number of carboxylic acids is 1. The van der Waals surface area contributed by atoms with Crippen LogP contribution in [0.3, 0.4) is 0 Å². The third-order valence-corrected chi connectivity index (χ3v) is 4.30. The van der Waals surface area contributed by atoms with Gasteiger partial charge in [-0.2, -0.15) is 4.31 Å². The number of sulfonamides is 1. The summed E-state index contributed by atoms with van der Waals surface area (Å²) < 4.78 is 29.5. The number of ether oxygens (including phenoxy) is 1. The van der Waals surface area contributed by atoms with E-state index in [1.54, 1.807) is 0 Å². The van der Waals surface area contributed by atoms with Gasteiger partial charge in [-0.05, 0) is 0 Å². The van der Waals surface area contributed by atoms with Gasteiger partial charge in [0, 0.05) is 20.1 Å². The Labute approximate surface area is 94.6 Å². The van der Waals surface area contributed by atoms with E-state index in [1.807, 2.05) is 0 Å². The molecule has 1 rings (SSSR count). The molecule has 0 aliphatic carbocycles. The average Bonchev–Trinajstić information content (AvgIpc) is 2.62. The average molecular weight is 249 g/mol. The molecule has 0 aromatic heterocycles. The van der Waals surface area contributed by atoms with Gasteiger partial charge in [-0.3, -0.25) is 4.79 Å². The van der Waals surface area contributed by atoms with E-state index >= 15 is 0 Å². The molecule has 0 amide bonds. The Hall–Kier alpha value is -0.920. The maximum atomic E-state index is 11.7. The Morgan fingerprint density at radius 3 is 2.75 bits per heavy atom. The van der Waals surface area contributed by atoms with E-state index in [0.29, 0.717) is 0 Å². The van der Waals surface area contributed by atoms with Gasteiger partial charge < -0.3 is 9.84 Å². The minimum Gasteiger partial charge on any atom is -0.480 e. The highest BCUT2D eigenvalue weighted by molar-refractivity contribution is 7.89. The summed E-state index contributed by atoms with van der Waals surface area (Å²) in [5.41, 5.74) is 0. The van der Waals surface area contributed by atoms with Crippen molar-refractivity contribution >= 4 is 16.0 Å². The van der Waals surface area contributed by atoms with E-state index in [9.17, 15) is 13.2 Å². The van der Waals surface area contributed by atoms with Gasteiger partial charge in [0.05, 0.1) is 11.9 Å². The van der Waals surface area contributed by atoms with Crippen molar-refractivity contribution in [3.63, 3.8) is 0 Å². The summed E-state index contributed by atoms with van der Waals surface area (Å²) >= 11 is 0. The Morgan fingerprint density at radius 2 is 2.31 bits per heavy atom. The molecule has 0 radical (unpaired) electrons. The van der Waals surface area contributed by atoms with Crippen molar-refractivity contribution in [2.45, 2.75) is 18.6 Å². The number of aliphatic carboxylic acids is 1. The maximum absolute atomic E-state index is 11.7. The highest BCUT2D eigenvalue weighted by Crippen LogP contribution is 2.23. The molecule has 0 aromatic carbocycles. The van der Waals surface area contributed by atoms with Gasteiger partial charge in [-0.25, -0.2) is 8.42 Å². The molecule has 1 heterocycles. The van der Waals surface area contributed by atoms with Crippen LogP contribution < -0.4 is 0 Å². The summed E-state index contributed by atoms with van der Waals surface area (Å²) in [5.74, 6) is -1.40. The number of hydrogen-bond acceptors (Lipinski definition) is 4. The lowest BCUT2D eigenvalue weighted by molar-refractivity contribution is -0.140. The summed E-state index contributed by atoms with van der Waals surface area (Å²) in [4.78, 5) is 10.9. The first kappa shape index (κ1) is 13.1. The third kappa shape index (κ3) is 2.60. The fourth-order valence-electron chi connectivity index (χ4n) is 1.72. The fraction of sp³-hybridized carbons (Fsp3) is 0.667. The van der Waals surface area contributed by atoms with Gasteiger partial charge in [-0.1, -0.05) is 6.08 Å². The van der Waals surface area contributed by atoms with E-state index in [0.717, 1.165) is 4.31 Å². The summed E-state index contributed by atoms with van der Waals surface area (Å²) in [5, 5.41) is 8.94. The molecule has 1 fully saturated rings. The first-order valence-corrected chi connectivity index (χ1v) is 6.39. The quantitative estimate of drug-likeness (QED) is 0.675. The van der Waals surface area contributed by atoms with Crippen LogP contribution in [0.1, 0.15) is 6.42 Å². The first-order chi connectivity index (χ1) is 7.42. The second-order valence-corrected chi connectivity index (χ2v) is 5.55. The van der Waals surface area contributed by atoms with Gasteiger partial charge in [0.15, 0.2) is 0 Å². The third-order valence-electron chi connectivity index (χ3n) is 2.52. The van der Waals surface area contributed by atoms with Crippen LogP contribution in [0.15, 0.2) is 12.7 Å². The highest BCUT2D eigenvalue weighted by atomic mass is 32.2. The zero-order chi connectivity index (χ0) is 12.3. The van der Waals surface area contributed by atoms with E-state index in [4.69, 9.17) is 9.84 Å². The van der Waals surface area contributed by atoms with Crippen molar-refractivity contribution in [1.29, 1.82) is 0 Å². The Bertz CT molecular complexity index is 377. The minimum absolute atomic E-state index is 0.0869. The fourth-order valence-corrected chi connectivity index (χ4v) is 3.16. The van der Waals surface area contributed by atoms with Gasteiger partial charge >= 0.3 is 5.97 Å². The summed E-state index contributed by atoms with van der Waals surface area (Å²) in [7, 11) is -2.16. The second-order valence-electron chi connectivity index (χ2n) is 3.58. The van der Waals surface area contributed by atoms with Gasteiger partial charge in [-0.15, -0.1) is 6.58 Å². The lowest BCUT2D eigenvalue weighted by Crippen LogP contribution is -2.41. The van der Waals surface area contributed by atoms with Gasteiger partial charge in [0.1, 0.15) is 6.04 Å². The Kier molecular flexibility index (Phi) is 4.06. The second kappa shape index (κ2) is 4.94. The molecule has 2 unspecified atom stereocenters. The van der Waals surface area contributed by atoms with Gasteiger partial charge in [0.2, 0.25) is 10.0 Å². The number of carbonyl (C=O) groups is 1. The maximum Gasteiger partial charge on any atom is 0.322 e. The molecule has 1 aliphatic rings. The number of carboxylic acid groups (broad SMARTS) is 1. The number of nitrogens with zero attached hydrogens (tertiary/aromatic N) is 1. The van der Waals surface area contributed by atoms with Crippen LogP contribution in [0, 0.1) is 0 Å². The summed E-state index contributed by atoms with van der Waals surface area (Å²) in [6.45, 7) is 3.43. The smallest absolute Gasteiger partial charge is 0.322 e. The van der Waals surface area contributed by atoms with E-state index in [1.165, 1.54) is 13.2 Å². The van der Waals surface area contributed by atoms with Crippen molar-refractivity contribution in [2.75, 3.05) is 19.4 Å². The molecule has 7 heteroatoms. The van der Waals surface area contributed by atoms with E-state index in [2.05, 4.69) is 6.58 Å². The van der Waals surface area contributed by atoms with E-state index in [-0.39, 0.29) is 24.8 Å². The molecule has 2 atom stereocenters. The van der Waals surface area contributed by atoms with Gasteiger partial charge in [0.25, 0.3) is 0 Å². The standard InChI is InChI=1S/C9H15NO5S/c1-3-4-16(13,14)10-6-7(15-2)5-8(10)9(11)12/h3,7-8H,1,4-6H2,2H3,(H,11,12). The molecule has 1 aliphatic heterocycles. The highest BCUT2D eigenvalue weighted by Gasteiger charge is 2.42. The number of methoxy groups -OCH3 is 1. The lowest BCUT2D eigenvalue weighted by Gasteiger charge is -2.19. The topological polar surface area (TPSA) is 83.9 Å².